The van der Waals surface area contributed by atoms with E-state index in [-0.39, 0.29) is 41.5 Å². The van der Waals surface area contributed by atoms with Crippen LogP contribution in [0.15, 0.2) is 53.5 Å². The number of hydrogen-bond acceptors (Lipinski definition) is 3. The molecule has 0 saturated heterocycles. The van der Waals surface area contributed by atoms with E-state index in [9.17, 15) is 4.79 Å². The molecular weight excluding hydrogens is 527 g/mol. The first-order chi connectivity index (χ1) is 15.4. The number of benzene rings is 2. The Morgan fingerprint density at radius 3 is 2.67 bits per heavy atom. The summed E-state index contributed by atoms with van der Waals surface area (Å²) in [7, 11) is 1.78. The minimum absolute atomic E-state index is 0. The van der Waals surface area contributed by atoms with Crippen LogP contribution in [0, 0.1) is 0 Å². The van der Waals surface area contributed by atoms with Crippen LogP contribution in [0.3, 0.4) is 0 Å². The number of carbonyl (C=O) groups excluding carboxylic acids is 1. The summed E-state index contributed by atoms with van der Waals surface area (Å²) in [5.41, 5.74) is 3.54. The van der Waals surface area contributed by atoms with Crippen LogP contribution in [0.25, 0.3) is 0 Å². The van der Waals surface area contributed by atoms with Gasteiger partial charge < -0.3 is 20.3 Å². The molecule has 1 atom stereocenters. The van der Waals surface area contributed by atoms with E-state index in [1.807, 2.05) is 29.2 Å². The van der Waals surface area contributed by atoms with Crippen LogP contribution in [-0.4, -0.2) is 42.5 Å². The minimum Gasteiger partial charge on any atom is -0.487 e. The monoisotopic (exact) mass is 562 g/mol. The molecule has 0 aromatic heterocycles. The average molecular weight is 562 g/mol. The maximum atomic E-state index is 12.7. The highest BCUT2D eigenvalue weighted by Gasteiger charge is 2.34. The van der Waals surface area contributed by atoms with Crippen LogP contribution < -0.4 is 15.4 Å². The van der Waals surface area contributed by atoms with E-state index in [0.717, 1.165) is 49.6 Å². The molecule has 1 amide bonds. The van der Waals surface area contributed by atoms with Gasteiger partial charge in [0.2, 0.25) is 5.91 Å². The van der Waals surface area contributed by atoms with Gasteiger partial charge in [0.25, 0.3) is 0 Å². The SMILES string of the molecule is CN=C(NCCCC(=O)N1CCc2ccccc2C1)NC1CC(C)(C)Oc2ccccc21.I. The largest absolute Gasteiger partial charge is 0.487 e. The Hall–Kier alpha value is -2.29. The summed E-state index contributed by atoms with van der Waals surface area (Å²) >= 11 is 0. The third kappa shape index (κ3) is 6.40. The number of guanidine groups is 1. The number of ether oxygens (including phenoxy) is 1. The molecule has 0 fully saturated rings. The summed E-state index contributed by atoms with van der Waals surface area (Å²) in [5, 5.41) is 6.92. The van der Waals surface area contributed by atoms with E-state index in [1.54, 1.807) is 7.05 Å². The average Bonchev–Trinajstić information content (AvgIpc) is 2.79. The van der Waals surface area contributed by atoms with E-state index in [1.165, 1.54) is 11.1 Å². The van der Waals surface area contributed by atoms with Gasteiger partial charge in [-0.3, -0.25) is 9.79 Å². The molecule has 0 aliphatic carbocycles. The second-order valence-electron chi connectivity index (χ2n) is 9.24. The lowest BCUT2D eigenvalue weighted by Gasteiger charge is -2.38. The maximum Gasteiger partial charge on any atom is 0.222 e. The number of nitrogens with zero attached hydrogens (tertiary/aromatic N) is 2. The minimum atomic E-state index is -0.246. The van der Waals surface area contributed by atoms with Gasteiger partial charge >= 0.3 is 0 Å². The van der Waals surface area contributed by atoms with Crippen LogP contribution in [0.5, 0.6) is 5.75 Å². The lowest BCUT2D eigenvalue weighted by molar-refractivity contribution is -0.132. The molecule has 2 heterocycles. The van der Waals surface area contributed by atoms with E-state index >= 15 is 0 Å². The molecule has 0 saturated carbocycles. The smallest absolute Gasteiger partial charge is 0.222 e. The predicted octanol–water partition coefficient (Wildman–Crippen LogP) is 4.44. The van der Waals surface area contributed by atoms with Crippen molar-refractivity contribution in [3.8, 4) is 5.75 Å². The van der Waals surface area contributed by atoms with Crippen LogP contribution in [0.1, 0.15) is 55.8 Å². The third-order valence-electron chi connectivity index (χ3n) is 6.25. The second-order valence-corrected chi connectivity index (χ2v) is 9.24. The van der Waals surface area contributed by atoms with Crippen molar-refractivity contribution in [3.05, 3.63) is 65.2 Å². The van der Waals surface area contributed by atoms with Crippen molar-refractivity contribution >= 4 is 35.8 Å². The van der Waals surface area contributed by atoms with Crippen LogP contribution >= 0.6 is 24.0 Å². The zero-order chi connectivity index (χ0) is 22.6. The van der Waals surface area contributed by atoms with Crippen LogP contribution in [-0.2, 0) is 17.8 Å². The Kier molecular flexibility index (Phi) is 8.62. The molecule has 0 spiro atoms. The summed E-state index contributed by atoms with van der Waals surface area (Å²) in [5.74, 6) is 1.90. The standard InChI is InChI=1S/C26H34N4O2.HI/c1-26(2)17-22(21-11-6-7-12-23(21)32-26)29-25(27-3)28-15-8-13-24(31)30-16-14-19-9-4-5-10-20(19)18-30;/h4-7,9-12,22H,8,13-18H2,1-3H3,(H2,27,28,29);1H. The highest BCUT2D eigenvalue weighted by atomic mass is 127. The van der Waals surface area contributed by atoms with Crippen molar-refractivity contribution in [2.24, 2.45) is 4.99 Å². The van der Waals surface area contributed by atoms with Crippen molar-refractivity contribution < 1.29 is 9.53 Å². The molecular formula is C26H35IN4O2. The first kappa shape index (κ1) is 25.3. The molecule has 178 valence electrons. The lowest BCUT2D eigenvalue weighted by Crippen LogP contribution is -2.45. The third-order valence-corrected chi connectivity index (χ3v) is 6.25. The number of rotatable bonds is 5. The molecule has 6 nitrogen and oxygen atoms in total. The fourth-order valence-electron chi connectivity index (χ4n) is 4.60. The van der Waals surface area contributed by atoms with E-state index in [4.69, 9.17) is 4.74 Å². The molecule has 2 aliphatic rings. The van der Waals surface area contributed by atoms with Gasteiger partial charge in [0, 0.05) is 45.1 Å². The molecule has 2 aromatic carbocycles. The van der Waals surface area contributed by atoms with Crippen molar-refractivity contribution in [3.63, 3.8) is 0 Å². The lowest BCUT2D eigenvalue weighted by atomic mass is 9.90. The molecule has 2 aliphatic heterocycles. The Morgan fingerprint density at radius 2 is 1.88 bits per heavy atom. The fraction of sp³-hybridized carbons (Fsp3) is 0.462. The first-order valence-corrected chi connectivity index (χ1v) is 11.5. The predicted molar refractivity (Wildman–Crippen MR) is 143 cm³/mol. The van der Waals surface area contributed by atoms with Crippen LogP contribution in [0.2, 0.25) is 0 Å². The molecule has 33 heavy (non-hydrogen) atoms. The summed E-state index contributed by atoms with van der Waals surface area (Å²) in [6.45, 7) is 6.46. The zero-order valence-corrected chi connectivity index (χ0v) is 22.1. The van der Waals surface area contributed by atoms with Gasteiger partial charge in [0.05, 0.1) is 6.04 Å². The summed E-state index contributed by atoms with van der Waals surface area (Å²) in [6.07, 6.45) is 3.10. The number of para-hydroxylation sites is 1. The molecule has 2 aromatic rings. The normalized spacial score (nSPS) is 18.8. The van der Waals surface area contributed by atoms with Crippen LogP contribution in [0.4, 0.5) is 0 Å². The maximum absolute atomic E-state index is 12.7. The van der Waals surface area contributed by atoms with Gasteiger partial charge in [-0.2, -0.15) is 0 Å². The highest BCUT2D eigenvalue weighted by molar-refractivity contribution is 14.0. The van der Waals surface area contributed by atoms with Gasteiger partial charge in [-0.15, -0.1) is 24.0 Å². The molecule has 0 bridgehead atoms. The number of fused-ring (bicyclic) bond motifs is 2. The zero-order valence-electron chi connectivity index (χ0n) is 19.8. The summed E-state index contributed by atoms with van der Waals surface area (Å²) < 4.78 is 6.13. The highest BCUT2D eigenvalue weighted by Crippen LogP contribution is 2.39. The number of nitrogens with one attached hydrogen (secondary N) is 2. The number of aliphatic imine (C=N–C) groups is 1. The van der Waals surface area contributed by atoms with Crippen molar-refractivity contribution in [2.75, 3.05) is 20.1 Å². The quantitative estimate of drug-likeness (QED) is 0.245. The Balaban J connectivity index is 0.00000306. The molecule has 7 heteroatoms. The molecule has 4 rings (SSSR count). The van der Waals surface area contributed by atoms with Crippen molar-refractivity contribution in [2.45, 2.75) is 57.7 Å². The van der Waals surface area contributed by atoms with Gasteiger partial charge in [0.15, 0.2) is 5.96 Å². The topological polar surface area (TPSA) is 66.0 Å². The molecule has 0 radical (unpaired) electrons. The Labute approximate surface area is 214 Å². The number of amides is 1. The molecule has 1 unspecified atom stereocenters. The van der Waals surface area contributed by atoms with Gasteiger partial charge in [0.1, 0.15) is 11.4 Å². The van der Waals surface area contributed by atoms with Crippen molar-refractivity contribution in [1.82, 2.24) is 15.5 Å². The Bertz CT molecular complexity index is 992. The summed E-state index contributed by atoms with van der Waals surface area (Å²) in [6, 6.07) is 16.7. The first-order valence-electron chi connectivity index (χ1n) is 11.5. The Morgan fingerprint density at radius 1 is 1.15 bits per heavy atom. The van der Waals surface area contributed by atoms with Gasteiger partial charge in [-0.1, -0.05) is 42.5 Å². The fourth-order valence-corrected chi connectivity index (χ4v) is 4.60. The van der Waals surface area contributed by atoms with Gasteiger partial charge in [-0.25, -0.2) is 0 Å². The molecule has 2 N–H and O–H groups in total. The second kappa shape index (κ2) is 11.2. The van der Waals surface area contributed by atoms with E-state index in [0.29, 0.717) is 13.0 Å². The number of carbonyl (C=O) groups is 1. The van der Waals surface area contributed by atoms with E-state index in [2.05, 4.69) is 53.7 Å². The van der Waals surface area contributed by atoms with Crippen molar-refractivity contribution in [1.29, 1.82) is 0 Å². The van der Waals surface area contributed by atoms with E-state index < -0.39 is 0 Å². The number of hydrogen-bond donors (Lipinski definition) is 2. The number of halogens is 1. The van der Waals surface area contributed by atoms with Gasteiger partial charge in [-0.05, 0) is 43.9 Å². The summed E-state index contributed by atoms with van der Waals surface area (Å²) in [4.78, 5) is 19.1.